The highest BCUT2D eigenvalue weighted by Crippen LogP contribution is 2.29. The first-order chi connectivity index (χ1) is 9.53. The number of benzene rings is 1. The van der Waals surface area contributed by atoms with E-state index in [1.807, 2.05) is 0 Å². The van der Waals surface area contributed by atoms with Crippen LogP contribution >= 0.6 is 11.6 Å². The molecule has 20 heavy (non-hydrogen) atoms. The summed E-state index contributed by atoms with van der Waals surface area (Å²) < 4.78 is 0. The fourth-order valence-electron chi connectivity index (χ4n) is 2.38. The third kappa shape index (κ3) is 4.68. The van der Waals surface area contributed by atoms with E-state index < -0.39 is 0 Å². The molecule has 0 radical (unpaired) electrons. The van der Waals surface area contributed by atoms with Crippen LogP contribution in [0.3, 0.4) is 0 Å². The predicted octanol–water partition coefficient (Wildman–Crippen LogP) is 4.88. The standard InChI is InChI=1S/C17H29ClN2/c1-6-13(4)12-20(8-3)17-10-9-15(11-16(17)18)14(5)19-7-2/h9-11,13-14,19H,6-8,12H2,1-5H3. The molecule has 2 unspecified atom stereocenters. The van der Waals surface area contributed by atoms with Crippen LogP contribution in [0.25, 0.3) is 0 Å². The fourth-order valence-corrected chi connectivity index (χ4v) is 2.68. The summed E-state index contributed by atoms with van der Waals surface area (Å²) in [6, 6.07) is 6.80. The average Bonchev–Trinajstić information content (AvgIpc) is 2.45. The molecular formula is C17H29ClN2. The van der Waals surface area contributed by atoms with Gasteiger partial charge in [0.1, 0.15) is 0 Å². The van der Waals surface area contributed by atoms with E-state index >= 15 is 0 Å². The lowest BCUT2D eigenvalue weighted by Gasteiger charge is -2.27. The highest BCUT2D eigenvalue weighted by atomic mass is 35.5. The maximum atomic E-state index is 6.50. The second kappa shape index (κ2) is 8.53. The van der Waals surface area contributed by atoms with Gasteiger partial charge in [0.25, 0.3) is 0 Å². The molecule has 2 atom stereocenters. The molecule has 1 aromatic rings. The van der Waals surface area contributed by atoms with Gasteiger partial charge in [-0.1, -0.05) is 44.9 Å². The summed E-state index contributed by atoms with van der Waals surface area (Å²) in [5, 5.41) is 4.28. The minimum Gasteiger partial charge on any atom is -0.370 e. The zero-order valence-corrected chi connectivity index (χ0v) is 14.3. The van der Waals surface area contributed by atoms with Gasteiger partial charge in [-0.05, 0) is 44.0 Å². The van der Waals surface area contributed by atoms with E-state index in [1.54, 1.807) is 0 Å². The van der Waals surface area contributed by atoms with Crippen molar-refractivity contribution in [3.05, 3.63) is 28.8 Å². The lowest BCUT2D eigenvalue weighted by atomic mass is 10.1. The van der Waals surface area contributed by atoms with E-state index in [-0.39, 0.29) is 0 Å². The van der Waals surface area contributed by atoms with Crippen molar-refractivity contribution in [3.8, 4) is 0 Å². The van der Waals surface area contributed by atoms with Crippen LogP contribution in [0.2, 0.25) is 5.02 Å². The van der Waals surface area contributed by atoms with Gasteiger partial charge >= 0.3 is 0 Å². The Kier molecular flexibility index (Phi) is 7.39. The highest BCUT2D eigenvalue weighted by Gasteiger charge is 2.13. The van der Waals surface area contributed by atoms with Crippen molar-refractivity contribution >= 4 is 17.3 Å². The van der Waals surface area contributed by atoms with E-state index in [1.165, 1.54) is 12.0 Å². The number of anilines is 1. The molecule has 0 fully saturated rings. The van der Waals surface area contributed by atoms with Crippen LogP contribution < -0.4 is 10.2 Å². The SMILES string of the molecule is CCNC(C)c1ccc(N(CC)CC(C)CC)c(Cl)c1. The third-order valence-corrected chi connectivity index (χ3v) is 4.24. The van der Waals surface area contributed by atoms with Crippen molar-refractivity contribution in [1.82, 2.24) is 5.32 Å². The van der Waals surface area contributed by atoms with E-state index in [4.69, 9.17) is 11.6 Å². The fraction of sp³-hybridized carbons (Fsp3) is 0.647. The number of hydrogen-bond donors (Lipinski definition) is 1. The molecule has 1 N–H and O–H groups in total. The van der Waals surface area contributed by atoms with E-state index in [0.717, 1.165) is 30.3 Å². The summed E-state index contributed by atoms with van der Waals surface area (Å²) >= 11 is 6.50. The molecule has 0 aliphatic carbocycles. The summed E-state index contributed by atoms with van der Waals surface area (Å²) in [5.41, 5.74) is 2.40. The summed E-state index contributed by atoms with van der Waals surface area (Å²) in [4.78, 5) is 2.37. The Hall–Kier alpha value is -0.730. The third-order valence-electron chi connectivity index (χ3n) is 3.93. The number of rotatable bonds is 8. The Labute approximate surface area is 129 Å². The largest absolute Gasteiger partial charge is 0.370 e. The second-order valence-corrected chi connectivity index (χ2v) is 5.95. The summed E-state index contributed by atoms with van der Waals surface area (Å²) in [5.74, 6) is 0.686. The van der Waals surface area contributed by atoms with Gasteiger partial charge in [-0.2, -0.15) is 0 Å². The molecule has 1 rings (SSSR count). The lowest BCUT2D eigenvalue weighted by Crippen LogP contribution is -2.28. The van der Waals surface area contributed by atoms with Crippen LogP contribution in [-0.4, -0.2) is 19.6 Å². The van der Waals surface area contributed by atoms with Gasteiger partial charge in [-0.25, -0.2) is 0 Å². The summed E-state index contributed by atoms with van der Waals surface area (Å²) in [6.45, 7) is 14.0. The molecule has 0 aromatic heterocycles. The molecule has 0 heterocycles. The van der Waals surface area contributed by atoms with E-state index in [9.17, 15) is 0 Å². The zero-order valence-electron chi connectivity index (χ0n) is 13.5. The number of nitrogens with one attached hydrogen (secondary N) is 1. The van der Waals surface area contributed by atoms with Gasteiger partial charge in [0, 0.05) is 19.1 Å². The maximum Gasteiger partial charge on any atom is 0.0642 e. The maximum absolute atomic E-state index is 6.50. The van der Waals surface area contributed by atoms with Crippen LogP contribution in [0.4, 0.5) is 5.69 Å². The molecule has 0 bridgehead atoms. The topological polar surface area (TPSA) is 15.3 Å². The smallest absolute Gasteiger partial charge is 0.0642 e. The molecule has 2 nitrogen and oxygen atoms in total. The van der Waals surface area contributed by atoms with Crippen LogP contribution in [0.5, 0.6) is 0 Å². The minimum atomic E-state index is 0.344. The first kappa shape index (κ1) is 17.3. The van der Waals surface area contributed by atoms with Crippen LogP contribution in [0.15, 0.2) is 18.2 Å². The van der Waals surface area contributed by atoms with Gasteiger partial charge in [-0.3, -0.25) is 0 Å². The van der Waals surface area contributed by atoms with Crippen molar-refractivity contribution in [3.63, 3.8) is 0 Å². The molecule has 0 saturated carbocycles. The Bertz CT molecular complexity index is 406. The lowest BCUT2D eigenvalue weighted by molar-refractivity contribution is 0.548. The van der Waals surface area contributed by atoms with Crippen molar-refractivity contribution in [1.29, 1.82) is 0 Å². The first-order valence-electron chi connectivity index (χ1n) is 7.81. The monoisotopic (exact) mass is 296 g/mol. The Balaban J connectivity index is 2.90. The van der Waals surface area contributed by atoms with Gasteiger partial charge in [0.15, 0.2) is 0 Å². The van der Waals surface area contributed by atoms with Crippen LogP contribution in [0.1, 0.15) is 52.6 Å². The Morgan fingerprint density at radius 2 is 1.90 bits per heavy atom. The molecule has 114 valence electrons. The van der Waals surface area contributed by atoms with Gasteiger partial charge in [-0.15, -0.1) is 0 Å². The van der Waals surface area contributed by atoms with E-state index in [2.05, 4.69) is 63.0 Å². The zero-order chi connectivity index (χ0) is 15.1. The van der Waals surface area contributed by atoms with Crippen molar-refractivity contribution in [2.24, 2.45) is 5.92 Å². The molecule has 1 aromatic carbocycles. The summed E-state index contributed by atoms with van der Waals surface area (Å²) in [6.07, 6.45) is 1.20. The molecule has 0 saturated heterocycles. The molecule has 0 aliphatic heterocycles. The molecule has 3 heteroatoms. The Morgan fingerprint density at radius 1 is 1.20 bits per heavy atom. The van der Waals surface area contributed by atoms with Crippen LogP contribution in [0, 0.1) is 5.92 Å². The van der Waals surface area contributed by atoms with Gasteiger partial charge < -0.3 is 10.2 Å². The average molecular weight is 297 g/mol. The van der Waals surface area contributed by atoms with Crippen molar-refractivity contribution in [2.45, 2.75) is 47.1 Å². The predicted molar refractivity (Wildman–Crippen MR) is 90.9 cm³/mol. The number of hydrogen-bond acceptors (Lipinski definition) is 2. The van der Waals surface area contributed by atoms with Crippen molar-refractivity contribution < 1.29 is 0 Å². The second-order valence-electron chi connectivity index (χ2n) is 5.54. The quantitative estimate of drug-likeness (QED) is 0.735. The molecular weight excluding hydrogens is 268 g/mol. The van der Waals surface area contributed by atoms with Crippen molar-refractivity contribution in [2.75, 3.05) is 24.5 Å². The molecule has 0 aliphatic rings. The molecule has 0 spiro atoms. The van der Waals surface area contributed by atoms with E-state index in [0.29, 0.717) is 12.0 Å². The molecule has 0 amide bonds. The number of halogens is 1. The summed E-state index contributed by atoms with van der Waals surface area (Å²) in [7, 11) is 0. The number of nitrogens with zero attached hydrogens (tertiary/aromatic N) is 1. The Morgan fingerprint density at radius 3 is 2.40 bits per heavy atom. The minimum absolute atomic E-state index is 0.344. The van der Waals surface area contributed by atoms with Gasteiger partial charge in [0.2, 0.25) is 0 Å². The normalized spacial score (nSPS) is 14.1. The highest BCUT2D eigenvalue weighted by molar-refractivity contribution is 6.33. The first-order valence-corrected chi connectivity index (χ1v) is 8.18. The van der Waals surface area contributed by atoms with Gasteiger partial charge in [0.05, 0.1) is 10.7 Å². The van der Waals surface area contributed by atoms with Crippen LogP contribution in [-0.2, 0) is 0 Å².